The fourth-order valence-corrected chi connectivity index (χ4v) is 1.82. The van der Waals surface area contributed by atoms with Gasteiger partial charge in [-0.25, -0.2) is 9.97 Å². The van der Waals surface area contributed by atoms with E-state index in [4.69, 9.17) is 5.73 Å². The second kappa shape index (κ2) is 5.89. The molecule has 0 aliphatic heterocycles. The number of rotatable bonds is 4. The van der Waals surface area contributed by atoms with E-state index < -0.39 is 0 Å². The molecule has 0 radical (unpaired) electrons. The van der Waals surface area contributed by atoms with Gasteiger partial charge in [-0.3, -0.25) is 0 Å². The Hall–Kier alpha value is -1.26. The van der Waals surface area contributed by atoms with Crippen molar-refractivity contribution in [2.45, 2.75) is 12.8 Å². The second-order valence-electron chi connectivity index (χ2n) is 3.85. The zero-order valence-electron chi connectivity index (χ0n) is 9.44. The van der Waals surface area contributed by atoms with Gasteiger partial charge in [0.1, 0.15) is 5.82 Å². The van der Waals surface area contributed by atoms with Crippen molar-refractivity contribution in [1.29, 1.82) is 0 Å². The molecule has 0 aliphatic rings. The van der Waals surface area contributed by atoms with Gasteiger partial charge in [-0.15, -0.1) is 0 Å². The van der Waals surface area contributed by atoms with Gasteiger partial charge in [-0.05, 0) is 36.2 Å². The minimum atomic E-state index is 0.634. The highest BCUT2D eigenvalue weighted by molar-refractivity contribution is 9.10. The van der Waals surface area contributed by atoms with Gasteiger partial charge < -0.3 is 5.73 Å². The van der Waals surface area contributed by atoms with E-state index >= 15 is 0 Å². The fraction of sp³-hybridized carbons (Fsp3) is 0.231. The number of nitrogens with two attached hydrogens (primary N) is 1. The molecule has 2 aromatic rings. The van der Waals surface area contributed by atoms with Crippen LogP contribution in [0.25, 0.3) is 0 Å². The zero-order chi connectivity index (χ0) is 12.1. The molecule has 2 rings (SSSR count). The largest absolute Gasteiger partial charge is 0.330 e. The Bertz CT molecular complexity index is 465. The minimum Gasteiger partial charge on any atom is -0.330 e. The van der Waals surface area contributed by atoms with Crippen molar-refractivity contribution < 1.29 is 0 Å². The number of hydrogen-bond acceptors (Lipinski definition) is 3. The van der Waals surface area contributed by atoms with E-state index in [9.17, 15) is 0 Å². The predicted octanol–water partition coefficient (Wildman–Crippen LogP) is 2.33. The summed E-state index contributed by atoms with van der Waals surface area (Å²) in [6, 6.07) is 8.19. The normalized spacial score (nSPS) is 10.5. The highest BCUT2D eigenvalue weighted by Gasteiger charge is 2.00. The molecule has 2 N–H and O–H groups in total. The molecule has 0 fully saturated rings. The molecule has 3 nitrogen and oxygen atoms in total. The molecule has 0 amide bonds. The van der Waals surface area contributed by atoms with Crippen molar-refractivity contribution in [3.8, 4) is 0 Å². The molecule has 0 aliphatic carbocycles. The first kappa shape index (κ1) is 12.2. The van der Waals surface area contributed by atoms with Crippen LogP contribution in [0, 0.1) is 0 Å². The van der Waals surface area contributed by atoms with Crippen LogP contribution < -0.4 is 5.73 Å². The van der Waals surface area contributed by atoms with Crippen LogP contribution in [0.5, 0.6) is 0 Å². The molecule has 0 atom stereocenters. The predicted molar refractivity (Wildman–Crippen MR) is 71.7 cm³/mol. The number of aromatic nitrogens is 2. The highest BCUT2D eigenvalue weighted by atomic mass is 79.9. The summed E-state index contributed by atoms with van der Waals surface area (Å²) in [6.07, 6.45) is 5.30. The average Bonchev–Trinajstić information content (AvgIpc) is 2.35. The second-order valence-corrected chi connectivity index (χ2v) is 4.77. The molecule has 4 heteroatoms. The summed E-state index contributed by atoms with van der Waals surface area (Å²) in [4.78, 5) is 8.67. The summed E-state index contributed by atoms with van der Waals surface area (Å²) in [7, 11) is 0. The van der Waals surface area contributed by atoms with E-state index in [-0.39, 0.29) is 0 Å². The first-order chi connectivity index (χ1) is 8.28. The summed E-state index contributed by atoms with van der Waals surface area (Å²) in [5.74, 6) is 0.841. The van der Waals surface area contributed by atoms with Crippen LogP contribution in [-0.4, -0.2) is 16.5 Å². The molecular weight excluding hydrogens is 278 g/mol. The van der Waals surface area contributed by atoms with Gasteiger partial charge in [0.2, 0.25) is 0 Å². The number of halogens is 1. The Morgan fingerprint density at radius 2 is 1.65 bits per heavy atom. The Labute approximate surface area is 109 Å². The van der Waals surface area contributed by atoms with Gasteiger partial charge in [-0.2, -0.15) is 0 Å². The van der Waals surface area contributed by atoms with E-state index in [0.717, 1.165) is 28.7 Å². The van der Waals surface area contributed by atoms with Crippen LogP contribution >= 0.6 is 15.9 Å². The Morgan fingerprint density at radius 1 is 1.00 bits per heavy atom. The van der Waals surface area contributed by atoms with E-state index in [1.54, 1.807) is 0 Å². The van der Waals surface area contributed by atoms with Gasteiger partial charge in [0.15, 0.2) is 0 Å². The van der Waals surface area contributed by atoms with Crippen LogP contribution in [0.15, 0.2) is 41.1 Å². The van der Waals surface area contributed by atoms with Crippen molar-refractivity contribution in [1.82, 2.24) is 9.97 Å². The average molecular weight is 292 g/mol. The number of nitrogens with zero attached hydrogens (tertiary/aromatic N) is 2. The lowest BCUT2D eigenvalue weighted by atomic mass is 10.1. The first-order valence-electron chi connectivity index (χ1n) is 5.52. The minimum absolute atomic E-state index is 0.634. The topological polar surface area (TPSA) is 51.8 Å². The lowest BCUT2D eigenvalue weighted by Gasteiger charge is -2.02. The van der Waals surface area contributed by atoms with Crippen LogP contribution in [-0.2, 0) is 12.8 Å². The van der Waals surface area contributed by atoms with Gasteiger partial charge in [0.25, 0.3) is 0 Å². The van der Waals surface area contributed by atoms with Gasteiger partial charge in [0, 0.05) is 23.3 Å². The lowest BCUT2D eigenvalue weighted by Crippen LogP contribution is -2.04. The summed E-state index contributed by atoms with van der Waals surface area (Å²) in [6.45, 7) is 0.634. The number of hydrogen-bond donors (Lipinski definition) is 1. The van der Waals surface area contributed by atoms with Crippen LogP contribution in [0.4, 0.5) is 0 Å². The summed E-state index contributed by atoms with van der Waals surface area (Å²) in [5, 5.41) is 0. The molecule has 0 unspecified atom stereocenters. The van der Waals surface area contributed by atoms with Gasteiger partial charge in [0.05, 0.1) is 0 Å². The lowest BCUT2D eigenvalue weighted by molar-refractivity contribution is 0.901. The molecule has 0 saturated carbocycles. The summed E-state index contributed by atoms with van der Waals surface area (Å²) >= 11 is 3.41. The molecule has 1 heterocycles. The van der Waals surface area contributed by atoms with Crippen molar-refractivity contribution in [2.75, 3.05) is 6.54 Å². The summed E-state index contributed by atoms with van der Waals surface area (Å²) < 4.78 is 1.08. The zero-order valence-corrected chi connectivity index (χ0v) is 11.0. The third-order valence-electron chi connectivity index (χ3n) is 2.47. The fourth-order valence-electron chi connectivity index (χ4n) is 1.55. The molecule has 1 aromatic heterocycles. The summed E-state index contributed by atoms with van der Waals surface area (Å²) in [5.41, 5.74) is 7.77. The third kappa shape index (κ3) is 3.61. The number of benzene rings is 1. The van der Waals surface area contributed by atoms with Crippen molar-refractivity contribution in [3.63, 3.8) is 0 Å². The molecule has 0 saturated heterocycles. The van der Waals surface area contributed by atoms with Crippen molar-refractivity contribution in [3.05, 3.63) is 58.1 Å². The van der Waals surface area contributed by atoms with Crippen LogP contribution in [0.2, 0.25) is 0 Å². The quantitative estimate of drug-likeness (QED) is 0.941. The SMILES string of the molecule is NCCc1cnc(Cc2ccc(Br)cc2)nc1. The first-order valence-corrected chi connectivity index (χ1v) is 6.31. The molecule has 17 heavy (non-hydrogen) atoms. The smallest absolute Gasteiger partial charge is 0.132 e. The van der Waals surface area contributed by atoms with E-state index in [1.165, 1.54) is 5.56 Å². The van der Waals surface area contributed by atoms with E-state index in [0.29, 0.717) is 6.54 Å². The maximum Gasteiger partial charge on any atom is 0.132 e. The van der Waals surface area contributed by atoms with E-state index in [2.05, 4.69) is 38.0 Å². The van der Waals surface area contributed by atoms with Gasteiger partial charge in [-0.1, -0.05) is 28.1 Å². The van der Waals surface area contributed by atoms with Gasteiger partial charge >= 0.3 is 0 Å². The van der Waals surface area contributed by atoms with Crippen LogP contribution in [0.3, 0.4) is 0 Å². The Kier molecular flexibility index (Phi) is 4.23. The van der Waals surface area contributed by atoms with Crippen molar-refractivity contribution in [2.24, 2.45) is 5.73 Å². The third-order valence-corrected chi connectivity index (χ3v) is 3.00. The Balaban J connectivity index is 2.05. The maximum atomic E-state index is 5.48. The molecule has 0 bridgehead atoms. The molecule has 1 aromatic carbocycles. The highest BCUT2D eigenvalue weighted by Crippen LogP contribution is 2.12. The maximum absolute atomic E-state index is 5.48. The standard InChI is InChI=1S/C13H14BrN3/c14-12-3-1-10(2-4-12)7-13-16-8-11(5-6-15)9-17-13/h1-4,8-9H,5-7,15H2. The molecule has 0 spiro atoms. The molecule has 88 valence electrons. The monoisotopic (exact) mass is 291 g/mol. The van der Waals surface area contributed by atoms with Crippen LogP contribution in [0.1, 0.15) is 17.0 Å². The Morgan fingerprint density at radius 3 is 2.24 bits per heavy atom. The van der Waals surface area contributed by atoms with E-state index in [1.807, 2.05) is 24.5 Å². The molecular formula is C13H14BrN3. The van der Waals surface area contributed by atoms with Crippen molar-refractivity contribution >= 4 is 15.9 Å².